The summed E-state index contributed by atoms with van der Waals surface area (Å²) < 4.78 is 1.68. The van der Waals surface area contributed by atoms with Crippen LogP contribution < -0.4 is 10.6 Å². The lowest BCUT2D eigenvalue weighted by Crippen LogP contribution is -2.24. The smallest absolute Gasteiger partial charge is 0.247 e. The Bertz CT molecular complexity index is 975. The molecule has 2 N–H and O–H groups in total. The van der Waals surface area contributed by atoms with Crippen LogP contribution in [0.1, 0.15) is 18.0 Å². The molecule has 28 heavy (non-hydrogen) atoms. The molecule has 3 heterocycles. The first-order valence-electron chi connectivity index (χ1n) is 8.96. The number of anilines is 3. The third kappa shape index (κ3) is 3.91. The Balaban J connectivity index is 1.44. The molecule has 1 aliphatic rings. The van der Waals surface area contributed by atoms with Crippen molar-refractivity contribution in [1.82, 2.24) is 24.6 Å². The van der Waals surface area contributed by atoms with E-state index in [4.69, 9.17) is 11.6 Å². The Morgan fingerprint density at radius 1 is 1.25 bits per heavy atom. The van der Waals surface area contributed by atoms with Crippen molar-refractivity contribution in [2.24, 2.45) is 0 Å². The van der Waals surface area contributed by atoms with Crippen molar-refractivity contribution in [3.63, 3.8) is 0 Å². The van der Waals surface area contributed by atoms with Crippen LogP contribution in [0.5, 0.6) is 0 Å². The molecule has 0 aliphatic carbocycles. The summed E-state index contributed by atoms with van der Waals surface area (Å²) in [5.74, 6) is 1.02. The Morgan fingerprint density at radius 3 is 2.82 bits per heavy atom. The van der Waals surface area contributed by atoms with Crippen molar-refractivity contribution in [3.05, 3.63) is 59.5 Å². The van der Waals surface area contributed by atoms with Crippen LogP contribution in [0.15, 0.2) is 48.9 Å². The summed E-state index contributed by atoms with van der Waals surface area (Å²) >= 11 is 6.21. The third-order valence-corrected chi connectivity index (χ3v) is 4.90. The van der Waals surface area contributed by atoms with E-state index in [0.29, 0.717) is 29.0 Å². The van der Waals surface area contributed by atoms with Crippen LogP contribution >= 0.6 is 11.6 Å². The van der Waals surface area contributed by atoms with Crippen LogP contribution in [0.2, 0.25) is 5.02 Å². The number of amides is 1. The molecule has 2 aromatic heterocycles. The molecular weight excluding hydrogens is 378 g/mol. The molecule has 0 radical (unpaired) electrons. The summed E-state index contributed by atoms with van der Waals surface area (Å²) in [6.07, 6.45) is 5.74. The van der Waals surface area contributed by atoms with E-state index in [1.807, 2.05) is 30.3 Å². The highest BCUT2D eigenvalue weighted by atomic mass is 35.5. The predicted octanol–water partition coefficient (Wildman–Crippen LogP) is 3.09. The van der Waals surface area contributed by atoms with E-state index in [2.05, 4.69) is 25.7 Å². The van der Waals surface area contributed by atoms with E-state index in [0.717, 1.165) is 18.5 Å². The molecule has 0 bridgehead atoms. The molecule has 8 nitrogen and oxygen atoms in total. The topological polar surface area (TPSA) is 88.0 Å². The number of likely N-dealkylation sites (N-methyl/N-ethyl adjacent to an activating group) is 1. The molecule has 4 rings (SSSR count). The lowest BCUT2D eigenvalue weighted by atomic mass is 10.2. The fourth-order valence-electron chi connectivity index (χ4n) is 3.08. The van der Waals surface area contributed by atoms with Gasteiger partial charge in [0, 0.05) is 26.3 Å². The van der Waals surface area contributed by atoms with Gasteiger partial charge < -0.3 is 15.5 Å². The summed E-state index contributed by atoms with van der Waals surface area (Å²) in [6.45, 7) is 1.34. The third-order valence-electron chi connectivity index (χ3n) is 4.62. The van der Waals surface area contributed by atoms with Crippen LogP contribution in [-0.4, -0.2) is 44.1 Å². The number of likely N-dealkylation sites (tertiary alicyclic amines) is 1. The maximum Gasteiger partial charge on any atom is 0.247 e. The van der Waals surface area contributed by atoms with Gasteiger partial charge >= 0.3 is 0 Å². The molecule has 1 aromatic carbocycles. The van der Waals surface area contributed by atoms with Crippen molar-refractivity contribution < 1.29 is 4.79 Å². The number of hydrogen-bond donors (Lipinski definition) is 2. The number of carbonyl (C=O) groups excluding carboxylic acids is 1. The number of hydrogen-bond acceptors (Lipinski definition) is 6. The fraction of sp³-hybridized carbons (Fsp3) is 0.263. The summed E-state index contributed by atoms with van der Waals surface area (Å²) in [6, 6.07) is 9.73. The standard InChI is InChI=1S/C19H20ClN7O/c1-26-8-7-16(18(26)28)27-12-14(10-23-27)24-19-22-11-15(20)17(25-19)21-9-13-5-3-2-4-6-13/h2-6,10-12,16H,7-9H2,1H3,(H2,21,22,24,25)/t16-/m0/s1. The second kappa shape index (κ2) is 7.85. The van der Waals surface area contributed by atoms with Gasteiger partial charge in [-0.15, -0.1) is 0 Å². The van der Waals surface area contributed by atoms with Crippen LogP contribution in [-0.2, 0) is 11.3 Å². The first-order valence-corrected chi connectivity index (χ1v) is 9.34. The number of rotatable bonds is 6. The summed E-state index contributed by atoms with van der Waals surface area (Å²) in [5, 5.41) is 11.1. The van der Waals surface area contributed by atoms with E-state index in [1.54, 1.807) is 35.2 Å². The number of nitrogens with zero attached hydrogens (tertiary/aromatic N) is 5. The summed E-state index contributed by atoms with van der Waals surface area (Å²) in [4.78, 5) is 22.5. The van der Waals surface area contributed by atoms with Crippen molar-refractivity contribution >= 4 is 35.0 Å². The van der Waals surface area contributed by atoms with Gasteiger partial charge in [-0.1, -0.05) is 41.9 Å². The van der Waals surface area contributed by atoms with Crippen molar-refractivity contribution in [3.8, 4) is 0 Å². The Kier molecular flexibility index (Phi) is 5.12. The molecule has 1 saturated heterocycles. The number of benzene rings is 1. The van der Waals surface area contributed by atoms with Gasteiger partial charge in [0.2, 0.25) is 11.9 Å². The molecule has 9 heteroatoms. The summed E-state index contributed by atoms with van der Waals surface area (Å²) in [5.41, 5.74) is 1.83. The molecule has 0 spiro atoms. The van der Waals surface area contributed by atoms with Crippen LogP contribution in [0.3, 0.4) is 0 Å². The van der Waals surface area contributed by atoms with E-state index in [9.17, 15) is 4.79 Å². The number of nitrogens with one attached hydrogen (secondary N) is 2. The minimum absolute atomic E-state index is 0.0739. The Morgan fingerprint density at radius 2 is 2.07 bits per heavy atom. The van der Waals surface area contributed by atoms with Crippen LogP contribution in [0.25, 0.3) is 0 Å². The number of halogens is 1. The van der Waals surface area contributed by atoms with Crippen LogP contribution in [0, 0.1) is 0 Å². The van der Waals surface area contributed by atoms with Crippen LogP contribution in [0.4, 0.5) is 17.5 Å². The van der Waals surface area contributed by atoms with Gasteiger partial charge in [0.25, 0.3) is 0 Å². The maximum absolute atomic E-state index is 12.1. The Hall–Kier alpha value is -3.13. The Labute approximate surface area is 167 Å². The lowest BCUT2D eigenvalue weighted by Gasteiger charge is -2.10. The van der Waals surface area contributed by atoms with Crippen molar-refractivity contribution in [2.45, 2.75) is 19.0 Å². The monoisotopic (exact) mass is 397 g/mol. The largest absolute Gasteiger partial charge is 0.365 e. The molecular formula is C19H20ClN7O. The highest BCUT2D eigenvalue weighted by Gasteiger charge is 2.31. The zero-order chi connectivity index (χ0) is 19.5. The highest BCUT2D eigenvalue weighted by Crippen LogP contribution is 2.25. The second-order valence-corrected chi connectivity index (χ2v) is 7.03. The van der Waals surface area contributed by atoms with Gasteiger partial charge in [-0.05, 0) is 12.0 Å². The zero-order valence-electron chi connectivity index (χ0n) is 15.3. The first-order chi connectivity index (χ1) is 13.6. The molecule has 144 valence electrons. The van der Waals surface area contributed by atoms with Crippen molar-refractivity contribution in [1.29, 1.82) is 0 Å². The number of carbonyl (C=O) groups is 1. The van der Waals surface area contributed by atoms with Gasteiger partial charge in [-0.2, -0.15) is 10.1 Å². The van der Waals surface area contributed by atoms with Crippen molar-refractivity contribution in [2.75, 3.05) is 24.2 Å². The van der Waals surface area contributed by atoms with E-state index >= 15 is 0 Å². The molecule has 1 atom stereocenters. The fourth-order valence-corrected chi connectivity index (χ4v) is 3.24. The normalized spacial score (nSPS) is 16.4. The van der Waals surface area contributed by atoms with Gasteiger partial charge in [0.05, 0.1) is 18.1 Å². The maximum atomic E-state index is 12.1. The minimum atomic E-state index is -0.255. The average Bonchev–Trinajstić information content (AvgIpc) is 3.30. The summed E-state index contributed by atoms with van der Waals surface area (Å²) in [7, 11) is 1.80. The first kappa shape index (κ1) is 18.2. The molecule has 1 fully saturated rings. The lowest BCUT2D eigenvalue weighted by molar-refractivity contribution is -0.129. The van der Waals surface area contributed by atoms with E-state index < -0.39 is 0 Å². The minimum Gasteiger partial charge on any atom is -0.365 e. The SMILES string of the molecule is CN1CC[C@H](n2cc(Nc3ncc(Cl)c(NCc4ccccc4)n3)cn2)C1=O. The molecule has 0 saturated carbocycles. The molecule has 3 aromatic rings. The van der Waals surface area contributed by atoms with Gasteiger partial charge in [-0.25, -0.2) is 4.98 Å². The zero-order valence-corrected chi connectivity index (χ0v) is 16.1. The quantitative estimate of drug-likeness (QED) is 0.664. The van der Waals surface area contributed by atoms with E-state index in [-0.39, 0.29) is 11.9 Å². The van der Waals surface area contributed by atoms with E-state index in [1.165, 1.54) is 0 Å². The molecule has 1 aliphatic heterocycles. The second-order valence-electron chi connectivity index (χ2n) is 6.63. The molecule has 1 amide bonds. The highest BCUT2D eigenvalue weighted by molar-refractivity contribution is 6.32. The number of aromatic nitrogens is 4. The van der Waals surface area contributed by atoms with Gasteiger partial charge in [0.1, 0.15) is 11.1 Å². The predicted molar refractivity (Wildman–Crippen MR) is 108 cm³/mol. The average molecular weight is 398 g/mol. The van der Waals surface area contributed by atoms with Gasteiger partial charge in [0.15, 0.2) is 5.82 Å². The van der Waals surface area contributed by atoms with Gasteiger partial charge in [-0.3, -0.25) is 9.48 Å². The molecule has 0 unspecified atom stereocenters.